The number of hydrogen-bond acceptors (Lipinski definition) is 3. The minimum Gasteiger partial charge on any atom is -0.483 e. The molecule has 0 fully saturated rings. The molecule has 0 heterocycles. The molecule has 3 aromatic rings. The average Bonchev–Trinajstić information content (AvgIpc) is 2.88. The van der Waals surface area contributed by atoms with Crippen LogP contribution in [-0.2, 0) is 22.6 Å². The summed E-state index contributed by atoms with van der Waals surface area (Å²) >= 11 is 0. The molecule has 3 rings (SSSR count). The van der Waals surface area contributed by atoms with Crippen molar-refractivity contribution in [3.05, 3.63) is 101 Å². The first kappa shape index (κ1) is 26.9. The highest BCUT2D eigenvalue weighted by Crippen LogP contribution is 2.20. The van der Waals surface area contributed by atoms with Crippen LogP contribution >= 0.6 is 0 Å². The Morgan fingerprint density at radius 2 is 1.67 bits per heavy atom. The van der Waals surface area contributed by atoms with E-state index in [4.69, 9.17) is 4.74 Å². The van der Waals surface area contributed by atoms with Gasteiger partial charge in [-0.3, -0.25) is 9.59 Å². The van der Waals surface area contributed by atoms with E-state index in [0.29, 0.717) is 12.2 Å². The minimum atomic E-state index is -0.763. The fraction of sp³-hybridized carbons (Fsp3) is 0.333. The summed E-state index contributed by atoms with van der Waals surface area (Å²) < 4.78 is 19.5. The Morgan fingerprint density at radius 3 is 2.33 bits per heavy atom. The van der Waals surface area contributed by atoms with Crippen LogP contribution in [-0.4, -0.2) is 35.4 Å². The third-order valence-corrected chi connectivity index (χ3v) is 6.23. The maximum atomic E-state index is 13.6. The van der Waals surface area contributed by atoms with E-state index in [2.05, 4.69) is 5.32 Å². The molecule has 0 aliphatic carbocycles. The van der Waals surface area contributed by atoms with E-state index in [1.165, 1.54) is 12.1 Å². The number of nitrogens with zero attached hydrogens (tertiary/aromatic N) is 1. The predicted molar refractivity (Wildman–Crippen MR) is 140 cm³/mol. The van der Waals surface area contributed by atoms with Gasteiger partial charge in [0.25, 0.3) is 5.91 Å². The van der Waals surface area contributed by atoms with Gasteiger partial charge in [0.1, 0.15) is 17.6 Å². The lowest BCUT2D eigenvalue weighted by Gasteiger charge is -2.32. The molecule has 6 heteroatoms. The van der Waals surface area contributed by atoms with Gasteiger partial charge in [-0.1, -0.05) is 61.5 Å². The number of carbonyl (C=O) groups excluding carboxylic acids is 2. The van der Waals surface area contributed by atoms with E-state index in [0.717, 1.165) is 28.7 Å². The summed E-state index contributed by atoms with van der Waals surface area (Å²) in [6.07, 6.45) is 1.12. The van der Waals surface area contributed by atoms with Crippen molar-refractivity contribution in [1.29, 1.82) is 0 Å². The highest BCUT2D eigenvalue weighted by molar-refractivity contribution is 5.88. The van der Waals surface area contributed by atoms with Crippen LogP contribution in [0.15, 0.2) is 72.8 Å². The van der Waals surface area contributed by atoms with E-state index >= 15 is 0 Å². The van der Waals surface area contributed by atoms with Crippen molar-refractivity contribution in [2.45, 2.75) is 59.2 Å². The Morgan fingerprint density at radius 1 is 0.972 bits per heavy atom. The first-order chi connectivity index (χ1) is 17.3. The predicted octanol–water partition coefficient (Wildman–Crippen LogP) is 5.38. The van der Waals surface area contributed by atoms with Crippen LogP contribution in [0.2, 0.25) is 0 Å². The number of halogens is 1. The van der Waals surface area contributed by atoms with Crippen molar-refractivity contribution in [3.8, 4) is 5.75 Å². The molecule has 0 aromatic heterocycles. The van der Waals surface area contributed by atoms with Gasteiger partial charge >= 0.3 is 0 Å². The summed E-state index contributed by atoms with van der Waals surface area (Å²) in [5, 5.41) is 3.04. The lowest BCUT2D eigenvalue weighted by atomic mass is 10.0. The summed E-state index contributed by atoms with van der Waals surface area (Å²) in [5.41, 5.74) is 3.62. The van der Waals surface area contributed by atoms with Crippen molar-refractivity contribution >= 4 is 11.8 Å². The number of rotatable bonds is 11. The Hall–Kier alpha value is -3.67. The highest BCUT2D eigenvalue weighted by Gasteiger charge is 2.31. The molecular formula is C30H35FN2O3. The van der Waals surface area contributed by atoms with E-state index in [1.54, 1.807) is 17.0 Å². The molecule has 3 aromatic carbocycles. The molecule has 0 spiro atoms. The Bertz CT molecular complexity index is 1150. The lowest BCUT2D eigenvalue weighted by molar-refractivity contribution is -0.143. The second kappa shape index (κ2) is 12.9. The molecule has 0 saturated heterocycles. The van der Waals surface area contributed by atoms with E-state index < -0.39 is 6.04 Å². The molecule has 0 aliphatic rings. The van der Waals surface area contributed by atoms with Gasteiger partial charge in [-0.25, -0.2) is 4.39 Å². The third kappa shape index (κ3) is 7.67. The molecule has 2 atom stereocenters. The number of aryl methyl sites for hydroxylation is 2. The Kier molecular flexibility index (Phi) is 9.62. The fourth-order valence-corrected chi connectivity index (χ4v) is 3.87. The van der Waals surface area contributed by atoms with Crippen molar-refractivity contribution in [2.24, 2.45) is 0 Å². The van der Waals surface area contributed by atoms with Gasteiger partial charge in [0.2, 0.25) is 5.91 Å². The van der Waals surface area contributed by atoms with Crippen LogP contribution in [0.5, 0.6) is 5.75 Å². The quantitative estimate of drug-likeness (QED) is 0.393. The number of nitrogens with one attached hydrogen (secondary N) is 1. The van der Waals surface area contributed by atoms with Gasteiger partial charge in [-0.2, -0.15) is 0 Å². The molecule has 5 nitrogen and oxygen atoms in total. The molecule has 1 N–H and O–H groups in total. The zero-order valence-electron chi connectivity index (χ0n) is 21.5. The first-order valence-corrected chi connectivity index (χ1v) is 12.3. The van der Waals surface area contributed by atoms with E-state index in [1.807, 2.05) is 76.2 Å². The zero-order valence-corrected chi connectivity index (χ0v) is 21.5. The van der Waals surface area contributed by atoms with Crippen LogP contribution in [0.3, 0.4) is 0 Å². The zero-order chi connectivity index (χ0) is 26.1. The molecular weight excluding hydrogens is 455 g/mol. The third-order valence-electron chi connectivity index (χ3n) is 6.23. The molecule has 0 bridgehead atoms. The van der Waals surface area contributed by atoms with Crippen LogP contribution in [0.1, 0.15) is 42.5 Å². The summed E-state index contributed by atoms with van der Waals surface area (Å²) in [7, 11) is 0. The molecule has 2 amide bonds. The summed E-state index contributed by atoms with van der Waals surface area (Å²) in [5.74, 6) is -0.269. The number of carbonyl (C=O) groups is 2. The Labute approximate surface area is 213 Å². The molecule has 0 aliphatic heterocycles. The number of amides is 2. The summed E-state index contributed by atoms with van der Waals surface area (Å²) in [6, 6.07) is 20.6. The highest BCUT2D eigenvalue weighted by atomic mass is 19.1. The summed E-state index contributed by atoms with van der Waals surface area (Å²) in [4.78, 5) is 28.6. The lowest BCUT2D eigenvalue weighted by Crippen LogP contribution is -2.53. The molecule has 0 radical (unpaired) electrons. The molecule has 0 saturated carbocycles. The standard InChI is InChI=1S/C30H35FN2O3/c1-5-23(4)32-30(35)27(18-24-9-7-6-8-10-24)33(19-25-13-15-26(31)16-14-25)29(34)20-36-28-17-21(2)11-12-22(28)3/h6-17,23,27H,5,18-20H2,1-4H3,(H,32,35)/t23-,27-/m1/s1. The van der Waals surface area contributed by atoms with Crippen LogP contribution < -0.4 is 10.1 Å². The van der Waals surface area contributed by atoms with Crippen molar-refractivity contribution in [3.63, 3.8) is 0 Å². The topological polar surface area (TPSA) is 58.6 Å². The van der Waals surface area contributed by atoms with Gasteiger partial charge in [-0.05, 0) is 67.6 Å². The second-order valence-electron chi connectivity index (χ2n) is 9.23. The van der Waals surface area contributed by atoms with Crippen LogP contribution in [0.25, 0.3) is 0 Å². The number of ether oxygens (including phenoxy) is 1. The van der Waals surface area contributed by atoms with Gasteiger partial charge < -0.3 is 15.0 Å². The molecule has 0 unspecified atom stereocenters. The largest absolute Gasteiger partial charge is 0.483 e. The van der Waals surface area contributed by atoms with Gasteiger partial charge in [0.15, 0.2) is 6.61 Å². The van der Waals surface area contributed by atoms with E-state index in [9.17, 15) is 14.0 Å². The van der Waals surface area contributed by atoms with Gasteiger partial charge in [-0.15, -0.1) is 0 Å². The normalized spacial score (nSPS) is 12.5. The Balaban J connectivity index is 1.92. The maximum Gasteiger partial charge on any atom is 0.261 e. The van der Waals surface area contributed by atoms with Crippen molar-refractivity contribution in [2.75, 3.05) is 6.61 Å². The first-order valence-electron chi connectivity index (χ1n) is 12.3. The SMILES string of the molecule is CC[C@@H](C)NC(=O)[C@@H](Cc1ccccc1)N(Cc1ccc(F)cc1)C(=O)COc1cc(C)ccc1C. The van der Waals surface area contributed by atoms with Gasteiger partial charge in [0, 0.05) is 19.0 Å². The van der Waals surface area contributed by atoms with Crippen molar-refractivity contribution < 1.29 is 18.7 Å². The van der Waals surface area contributed by atoms with Crippen LogP contribution in [0.4, 0.5) is 4.39 Å². The minimum absolute atomic E-state index is 0.0373. The van der Waals surface area contributed by atoms with Crippen molar-refractivity contribution in [1.82, 2.24) is 10.2 Å². The second-order valence-corrected chi connectivity index (χ2v) is 9.23. The monoisotopic (exact) mass is 490 g/mol. The molecule has 190 valence electrons. The van der Waals surface area contributed by atoms with Gasteiger partial charge in [0.05, 0.1) is 0 Å². The molecule has 36 heavy (non-hydrogen) atoms. The number of hydrogen-bond donors (Lipinski definition) is 1. The fourth-order valence-electron chi connectivity index (χ4n) is 3.87. The maximum absolute atomic E-state index is 13.6. The average molecular weight is 491 g/mol. The van der Waals surface area contributed by atoms with E-state index in [-0.39, 0.29) is 36.8 Å². The smallest absolute Gasteiger partial charge is 0.261 e. The van der Waals surface area contributed by atoms with Crippen LogP contribution in [0, 0.1) is 19.7 Å². The summed E-state index contributed by atoms with van der Waals surface area (Å²) in [6.45, 7) is 7.76. The number of benzene rings is 3.